The van der Waals surface area contributed by atoms with Gasteiger partial charge in [0, 0.05) is 13.1 Å². The van der Waals surface area contributed by atoms with Gasteiger partial charge in [-0.1, -0.05) is 6.92 Å². The summed E-state index contributed by atoms with van der Waals surface area (Å²) in [4.78, 5) is 24.9. The number of carbonyl (C=O) groups excluding carboxylic acids is 2. The highest BCUT2D eigenvalue weighted by molar-refractivity contribution is 5.69. The van der Waals surface area contributed by atoms with E-state index in [4.69, 9.17) is 14.2 Å². The molecular formula is C16H28N2O5. The predicted molar refractivity (Wildman–Crippen MR) is 84.3 cm³/mol. The lowest BCUT2D eigenvalue weighted by Gasteiger charge is -2.41. The fourth-order valence-corrected chi connectivity index (χ4v) is 2.82. The molecule has 0 aromatic heterocycles. The highest BCUT2D eigenvalue weighted by Crippen LogP contribution is 2.31. The Bertz CT molecular complexity index is 438. The zero-order chi connectivity index (χ0) is 17.1. The van der Waals surface area contributed by atoms with E-state index in [2.05, 4.69) is 12.2 Å². The summed E-state index contributed by atoms with van der Waals surface area (Å²) in [5, 5.41) is 2.62. The molecule has 1 unspecified atom stereocenters. The molecule has 0 aromatic rings. The minimum atomic E-state index is -0.480. The lowest BCUT2D eigenvalue weighted by atomic mass is 9.88. The molecule has 132 valence electrons. The standard InChI is InChI=1S/C16H28N2O5/c1-5-16(21-11-12-10-17-13(19)22-12)6-8-18(9-7-16)14(20)23-15(2,3)4/h12H,5-11H2,1-4H3,(H,17,19). The van der Waals surface area contributed by atoms with Crippen LogP contribution in [-0.2, 0) is 14.2 Å². The van der Waals surface area contributed by atoms with Crippen molar-refractivity contribution in [2.24, 2.45) is 0 Å². The fraction of sp³-hybridized carbons (Fsp3) is 0.875. The second-order valence-corrected chi connectivity index (χ2v) is 7.22. The van der Waals surface area contributed by atoms with E-state index in [1.165, 1.54) is 0 Å². The molecule has 0 bridgehead atoms. The van der Waals surface area contributed by atoms with Crippen LogP contribution < -0.4 is 5.32 Å². The number of nitrogens with zero attached hydrogens (tertiary/aromatic N) is 1. The number of carbonyl (C=O) groups is 2. The minimum Gasteiger partial charge on any atom is -0.444 e. The smallest absolute Gasteiger partial charge is 0.410 e. The molecule has 0 radical (unpaired) electrons. The number of nitrogens with one attached hydrogen (secondary N) is 1. The van der Waals surface area contributed by atoms with Crippen LogP contribution >= 0.6 is 0 Å². The van der Waals surface area contributed by atoms with Crippen molar-refractivity contribution >= 4 is 12.2 Å². The third kappa shape index (κ3) is 4.99. The monoisotopic (exact) mass is 328 g/mol. The third-order valence-electron chi connectivity index (χ3n) is 4.29. The number of rotatable bonds is 4. The molecular weight excluding hydrogens is 300 g/mol. The van der Waals surface area contributed by atoms with Gasteiger partial charge in [-0.3, -0.25) is 0 Å². The third-order valence-corrected chi connectivity index (χ3v) is 4.29. The first-order valence-corrected chi connectivity index (χ1v) is 8.29. The highest BCUT2D eigenvalue weighted by atomic mass is 16.6. The van der Waals surface area contributed by atoms with Crippen molar-refractivity contribution < 1.29 is 23.8 Å². The SMILES string of the molecule is CCC1(OCC2CNC(=O)O2)CCN(C(=O)OC(C)(C)C)CC1. The maximum atomic E-state index is 12.1. The van der Waals surface area contributed by atoms with E-state index in [1.54, 1.807) is 4.90 Å². The van der Waals surface area contributed by atoms with Crippen LogP contribution in [0.3, 0.4) is 0 Å². The molecule has 0 aliphatic carbocycles. The van der Waals surface area contributed by atoms with Crippen LogP contribution in [0.2, 0.25) is 0 Å². The second kappa shape index (κ2) is 6.95. The first-order valence-electron chi connectivity index (χ1n) is 8.29. The van der Waals surface area contributed by atoms with Gasteiger partial charge in [-0.15, -0.1) is 0 Å². The molecule has 0 spiro atoms. The van der Waals surface area contributed by atoms with Crippen LogP contribution in [-0.4, -0.2) is 60.6 Å². The number of hydrogen-bond donors (Lipinski definition) is 1. The summed E-state index contributed by atoms with van der Waals surface area (Å²) in [6, 6.07) is 0. The van der Waals surface area contributed by atoms with Crippen molar-refractivity contribution in [1.29, 1.82) is 0 Å². The van der Waals surface area contributed by atoms with E-state index in [9.17, 15) is 9.59 Å². The fourth-order valence-electron chi connectivity index (χ4n) is 2.82. The molecule has 2 aliphatic rings. The zero-order valence-corrected chi connectivity index (χ0v) is 14.5. The van der Waals surface area contributed by atoms with E-state index in [0.717, 1.165) is 19.3 Å². The van der Waals surface area contributed by atoms with Crippen LogP contribution in [0.25, 0.3) is 0 Å². The molecule has 7 heteroatoms. The molecule has 2 heterocycles. The number of piperidine rings is 1. The number of ether oxygens (including phenoxy) is 3. The quantitative estimate of drug-likeness (QED) is 0.857. The van der Waals surface area contributed by atoms with Crippen molar-refractivity contribution in [2.75, 3.05) is 26.2 Å². The van der Waals surface area contributed by atoms with Crippen LogP contribution in [0.4, 0.5) is 9.59 Å². The molecule has 2 aliphatic heterocycles. The van der Waals surface area contributed by atoms with Gasteiger partial charge in [0.1, 0.15) is 11.7 Å². The molecule has 2 amide bonds. The van der Waals surface area contributed by atoms with Gasteiger partial charge in [-0.25, -0.2) is 9.59 Å². The molecule has 1 N–H and O–H groups in total. The lowest BCUT2D eigenvalue weighted by Crippen LogP contribution is -2.49. The summed E-state index contributed by atoms with van der Waals surface area (Å²) in [6.45, 7) is 9.79. The van der Waals surface area contributed by atoms with Gasteiger partial charge in [0.15, 0.2) is 0 Å². The molecule has 7 nitrogen and oxygen atoms in total. The van der Waals surface area contributed by atoms with Crippen LogP contribution in [0.1, 0.15) is 47.0 Å². The molecule has 2 saturated heterocycles. The van der Waals surface area contributed by atoms with E-state index < -0.39 is 5.60 Å². The van der Waals surface area contributed by atoms with Gasteiger partial charge in [0.25, 0.3) is 0 Å². The Balaban J connectivity index is 1.82. The predicted octanol–water partition coefficient (Wildman–Crippen LogP) is 2.29. The maximum absolute atomic E-state index is 12.1. The average molecular weight is 328 g/mol. The Kier molecular flexibility index (Phi) is 5.39. The van der Waals surface area contributed by atoms with Crippen molar-refractivity contribution in [3.05, 3.63) is 0 Å². The van der Waals surface area contributed by atoms with E-state index in [-0.39, 0.29) is 23.9 Å². The minimum absolute atomic E-state index is 0.227. The summed E-state index contributed by atoms with van der Waals surface area (Å²) in [5.41, 5.74) is -0.736. The van der Waals surface area contributed by atoms with Gasteiger partial charge in [0.2, 0.25) is 0 Å². The van der Waals surface area contributed by atoms with Gasteiger partial charge >= 0.3 is 12.2 Å². The van der Waals surface area contributed by atoms with Crippen molar-refractivity contribution in [1.82, 2.24) is 10.2 Å². The highest BCUT2D eigenvalue weighted by Gasteiger charge is 2.38. The molecule has 0 saturated carbocycles. The zero-order valence-electron chi connectivity index (χ0n) is 14.5. The average Bonchev–Trinajstić information content (AvgIpc) is 2.89. The molecule has 23 heavy (non-hydrogen) atoms. The van der Waals surface area contributed by atoms with Gasteiger partial charge in [-0.2, -0.15) is 0 Å². The Morgan fingerprint density at radius 3 is 2.52 bits per heavy atom. The second-order valence-electron chi connectivity index (χ2n) is 7.22. The normalized spacial score (nSPS) is 24.1. The molecule has 2 rings (SSSR count). The number of cyclic esters (lactones) is 1. The lowest BCUT2D eigenvalue weighted by molar-refractivity contribution is -0.106. The summed E-state index contributed by atoms with van der Waals surface area (Å²) in [5.74, 6) is 0. The van der Waals surface area contributed by atoms with Crippen molar-refractivity contribution in [2.45, 2.75) is 64.3 Å². The molecule has 1 atom stereocenters. The first kappa shape index (κ1) is 17.8. The number of likely N-dealkylation sites (tertiary alicyclic amines) is 1. The Morgan fingerprint density at radius 1 is 1.39 bits per heavy atom. The summed E-state index contributed by atoms with van der Waals surface area (Å²) in [7, 11) is 0. The van der Waals surface area contributed by atoms with Crippen LogP contribution in [0.5, 0.6) is 0 Å². The van der Waals surface area contributed by atoms with Gasteiger partial charge < -0.3 is 24.4 Å². The first-order chi connectivity index (χ1) is 10.7. The largest absolute Gasteiger partial charge is 0.444 e. The van der Waals surface area contributed by atoms with Gasteiger partial charge in [-0.05, 0) is 40.0 Å². The number of amides is 2. The maximum Gasteiger partial charge on any atom is 0.410 e. The van der Waals surface area contributed by atoms with E-state index >= 15 is 0 Å². The Morgan fingerprint density at radius 2 is 2.04 bits per heavy atom. The Hall–Kier alpha value is -1.50. The Labute approximate surface area is 137 Å². The van der Waals surface area contributed by atoms with E-state index in [1.807, 2.05) is 20.8 Å². The molecule has 2 fully saturated rings. The molecule has 0 aromatic carbocycles. The summed E-state index contributed by atoms with van der Waals surface area (Å²) >= 11 is 0. The van der Waals surface area contributed by atoms with Crippen LogP contribution in [0, 0.1) is 0 Å². The van der Waals surface area contributed by atoms with Gasteiger partial charge in [0.05, 0.1) is 18.8 Å². The van der Waals surface area contributed by atoms with Crippen LogP contribution in [0.15, 0.2) is 0 Å². The topological polar surface area (TPSA) is 77.1 Å². The van der Waals surface area contributed by atoms with Crippen molar-refractivity contribution in [3.8, 4) is 0 Å². The van der Waals surface area contributed by atoms with E-state index in [0.29, 0.717) is 26.2 Å². The number of hydrogen-bond acceptors (Lipinski definition) is 5. The summed E-state index contributed by atoms with van der Waals surface area (Å²) < 4.78 is 16.6. The van der Waals surface area contributed by atoms with Crippen molar-refractivity contribution in [3.63, 3.8) is 0 Å². The summed E-state index contributed by atoms with van der Waals surface area (Å²) in [6.07, 6.45) is 1.51. The number of alkyl carbamates (subject to hydrolysis) is 1.